The number of aliphatic hydroxyl groups excluding tert-OH is 1. The number of anilines is 1. The molecule has 0 bridgehead atoms. The first-order valence-corrected chi connectivity index (χ1v) is 6.34. The van der Waals surface area contributed by atoms with Crippen LogP contribution in [0.4, 0.5) is 10.2 Å². The second-order valence-corrected chi connectivity index (χ2v) is 4.75. The van der Waals surface area contributed by atoms with Gasteiger partial charge in [0.05, 0.1) is 17.0 Å². The lowest BCUT2D eigenvalue weighted by molar-refractivity contribution is -0.123. The molecule has 1 amide bonds. The molecule has 0 fully saturated rings. The Bertz CT molecular complexity index is 766. The van der Waals surface area contributed by atoms with Crippen molar-refractivity contribution in [3.8, 4) is 0 Å². The van der Waals surface area contributed by atoms with Crippen LogP contribution in [0.25, 0.3) is 0 Å². The molecule has 0 aliphatic carbocycles. The molecule has 1 aromatic heterocycles. The largest absolute Gasteiger partial charge is 0.364 e. The van der Waals surface area contributed by atoms with Gasteiger partial charge in [-0.3, -0.25) is 9.48 Å². The number of aliphatic imine (C=N–C) groups is 1. The normalized spacial score (nSPS) is 17.8. The molecule has 6 nitrogen and oxygen atoms in total. The van der Waals surface area contributed by atoms with Gasteiger partial charge in [0, 0.05) is 12.6 Å². The van der Waals surface area contributed by atoms with Gasteiger partial charge in [-0.1, -0.05) is 12.1 Å². The van der Waals surface area contributed by atoms with Crippen LogP contribution in [0, 0.1) is 12.7 Å². The highest BCUT2D eigenvalue weighted by atomic mass is 19.1. The Morgan fingerprint density at radius 3 is 2.81 bits per heavy atom. The Morgan fingerprint density at radius 2 is 2.10 bits per heavy atom. The average Bonchev–Trinajstić information content (AvgIpc) is 2.63. The minimum atomic E-state index is -1.59. The third-order valence-corrected chi connectivity index (χ3v) is 3.32. The zero-order chi connectivity index (χ0) is 15.1. The third kappa shape index (κ3) is 2.11. The number of halogens is 1. The summed E-state index contributed by atoms with van der Waals surface area (Å²) in [6, 6.07) is 6.08. The Kier molecular flexibility index (Phi) is 3.06. The molecule has 1 aromatic carbocycles. The van der Waals surface area contributed by atoms with Gasteiger partial charge in [-0.25, -0.2) is 9.38 Å². The van der Waals surface area contributed by atoms with E-state index in [9.17, 15) is 14.3 Å². The van der Waals surface area contributed by atoms with Crippen molar-refractivity contribution in [2.75, 3.05) is 5.32 Å². The van der Waals surface area contributed by atoms with E-state index in [1.54, 1.807) is 32.2 Å². The first kappa shape index (κ1) is 13.4. The molecule has 1 aliphatic heterocycles. The second-order valence-electron chi connectivity index (χ2n) is 4.75. The lowest BCUT2D eigenvalue weighted by Gasteiger charge is -2.07. The maximum atomic E-state index is 14.1. The van der Waals surface area contributed by atoms with E-state index >= 15 is 0 Å². The van der Waals surface area contributed by atoms with Crippen molar-refractivity contribution in [2.45, 2.75) is 13.2 Å². The average molecular weight is 288 g/mol. The van der Waals surface area contributed by atoms with E-state index in [-0.39, 0.29) is 11.3 Å². The number of benzene rings is 1. The predicted molar refractivity (Wildman–Crippen MR) is 74.6 cm³/mol. The summed E-state index contributed by atoms with van der Waals surface area (Å²) in [6.45, 7) is 1.74. The first-order chi connectivity index (χ1) is 9.99. The molecule has 1 aliphatic rings. The van der Waals surface area contributed by atoms with Crippen LogP contribution >= 0.6 is 0 Å². The highest BCUT2D eigenvalue weighted by Crippen LogP contribution is 2.27. The van der Waals surface area contributed by atoms with E-state index in [0.717, 1.165) is 0 Å². The molecule has 7 heteroatoms. The first-order valence-electron chi connectivity index (χ1n) is 6.34. The summed E-state index contributed by atoms with van der Waals surface area (Å²) >= 11 is 0. The summed E-state index contributed by atoms with van der Waals surface area (Å²) in [5.41, 5.74) is 1.52. The Hall–Kier alpha value is -2.54. The van der Waals surface area contributed by atoms with Gasteiger partial charge in [-0.15, -0.1) is 0 Å². The van der Waals surface area contributed by atoms with E-state index < -0.39 is 18.0 Å². The molecule has 2 aromatic rings. The fourth-order valence-corrected chi connectivity index (χ4v) is 2.37. The summed E-state index contributed by atoms with van der Waals surface area (Å²) in [7, 11) is 1.66. The number of aliphatic hydroxyl groups is 1. The van der Waals surface area contributed by atoms with Gasteiger partial charge in [0.2, 0.25) is 6.23 Å². The fraction of sp³-hybridized carbons (Fsp3) is 0.214. The van der Waals surface area contributed by atoms with Gasteiger partial charge in [0.1, 0.15) is 11.6 Å². The molecular formula is C14H13FN4O2. The van der Waals surface area contributed by atoms with E-state index in [0.29, 0.717) is 17.1 Å². The van der Waals surface area contributed by atoms with Crippen LogP contribution in [0.2, 0.25) is 0 Å². The summed E-state index contributed by atoms with van der Waals surface area (Å²) in [6.07, 6.45) is -1.59. The molecule has 2 N–H and O–H groups in total. The van der Waals surface area contributed by atoms with Gasteiger partial charge < -0.3 is 10.4 Å². The smallest absolute Gasteiger partial charge is 0.277 e. The Morgan fingerprint density at radius 1 is 1.38 bits per heavy atom. The zero-order valence-corrected chi connectivity index (χ0v) is 11.5. The van der Waals surface area contributed by atoms with Crippen LogP contribution in [0.15, 0.2) is 29.3 Å². The number of carbonyl (C=O) groups excluding carboxylic acids is 1. The molecule has 1 atom stereocenters. The fourth-order valence-electron chi connectivity index (χ4n) is 2.37. The van der Waals surface area contributed by atoms with E-state index in [2.05, 4.69) is 15.4 Å². The molecule has 0 radical (unpaired) electrons. The van der Waals surface area contributed by atoms with Crippen LogP contribution in [-0.2, 0) is 11.8 Å². The van der Waals surface area contributed by atoms with E-state index in [4.69, 9.17) is 0 Å². The van der Waals surface area contributed by atoms with Crippen LogP contribution in [0.3, 0.4) is 0 Å². The number of aryl methyl sites for hydroxylation is 2. The Balaban J connectivity index is 2.30. The van der Waals surface area contributed by atoms with Gasteiger partial charge in [0.15, 0.2) is 0 Å². The SMILES string of the molecule is Cc1nn(C)c2c1C(c1ccccc1F)=N[C@@H](O)C(=O)N2. The number of nitrogens with zero attached hydrogens (tertiary/aromatic N) is 3. The molecule has 0 saturated carbocycles. The highest BCUT2D eigenvalue weighted by Gasteiger charge is 2.29. The van der Waals surface area contributed by atoms with Crippen molar-refractivity contribution in [1.29, 1.82) is 0 Å². The monoisotopic (exact) mass is 288 g/mol. The van der Waals surface area contributed by atoms with Crippen LogP contribution in [-0.4, -0.2) is 32.7 Å². The standard InChI is InChI=1S/C14H13FN4O2/c1-7-10-11(8-5-3-4-6-9(8)15)16-13(20)14(21)17-12(10)19(2)18-7/h3-6,13,20H,1-2H3,(H,17,21)/t13-/m0/s1. The minimum absolute atomic E-state index is 0.208. The van der Waals surface area contributed by atoms with Crippen molar-refractivity contribution < 1.29 is 14.3 Å². The summed E-state index contributed by atoms with van der Waals surface area (Å²) in [5.74, 6) is -0.770. The number of nitrogens with one attached hydrogen (secondary N) is 1. The van der Waals surface area contributed by atoms with Crippen molar-refractivity contribution in [3.05, 3.63) is 46.9 Å². The number of rotatable bonds is 1. The molecule has 108 valence electrons. The van der Waals surface area contributed by atoms with Crippen LogP contribution < -0.4 is 5.32 Å². The van der Waals surface area contributed by atoms with Gasteiger partial charge in [0.25, 0.3) is 5.91 Å². The van der Waals surface area contributed by atoms with Gasteiger partial charge in [-0.05, 0) is 19.1 Å². The van der Waals surface area contributed by atoms with Crippen molar-refractivity contribution in [2.24, 2.45) is 12.0 Å². The molecule has 3 rings (SSSR count). The number of hydrogen-bond acceptors (Lipinski definition) is 4. The van der Waals surface area contributed by atoms with Crippen molar-refractivity contribution >= 4 is 17.4 Å². The maximum absolute atomic E-state index is 14.1. The zero-order valence-electron chi connectivity index (χ0n) is 11.5. The van der Waals surface area contributed by atoms with Gasteiger partial charge in [-0.2, -0.15) is 5.10 Å². The molecule has 0 spiro atoms. The number of hydrogen-bond donors (Lipinski definition) is 2. The molecule has 2 heterocycles. The van der Waals surface area contributed by atoms with Gasteiger partial charge >= 0.3 is 0 Å². The van der Waals surface area contributed by atoms with Crippen molar-refractivity contribution in [1.82, 2.24) is 9.78 Å². The summed E-state index contributed by atoms with van der Waals surface area (Å²) < 4.78 is 15.5. The molecule has 21 heavy (non-hydrogen) atoms. The van der Waals surface area contributed by atoms with Crippen LogP contribution in [0.1, 0.15) is 16.8 Å². The summed E-state index contributed by atoms with van der Waals surface area (Å²) in [5, 5.41) is 16.6. The predicted octanol–water partition coefficient (Wildman–Crippen LogP) is 0.976. The highest BCUT2D eigenvalue weighted by molar-refractivity contribution is 6.19. The van der Waals surface area contributed by atoms with E-state index in [1.807, 2.05) is 0 Å². The maximum Gasteiger partial charge on any atom is 0.277 e. The van der Waals surface area contributed by atoms with Crippen molar-refractivity contribution in [3.63, 3.8) is 0 Å². The number of amides is 1. The number of fused-ring (bicyclic) bond motifs is 1. The van der Waals surface area contributed by atoms with E-state index in [1.165, 1.54) is 10.7 Å². The Labute approximate surface area is 119 Å². The topological polar surface area (TPSA) is 79.5 Å². The van der Waals surface area contributed by atoms with Crippen LogP contribution in [0.5, 0.6) is 0 Å². The molecule has 0 saturated heterocycles. The molecule has 0 unspecified atom stereocenters. The molecular weight excluding hydrogens is 275 g/mol. The third-order valence-electron chi connectivity index (χ3n) is 3.32. The number of carbonyl (C=O) groups is 1. The minimum Gasteiger partial charge on any atom is -0.364 e. The second kappa shape index (κ2) is 4.78. The lowest BCUT2D eigenvalue weighted by atomic mass is 10.0. The number of aromatic nitrogens is 2. The quantitative estimate of drug-likeness (QED) is 0.821. The lowest BCUT2D eigenvalue weighted by Crippen LogP contribution is -2.26. The summed E-state index contributed by atoms with van der Waals surface area (Å²) in [4.78, 5) is 15.8.